The van der Waals surface area contributed by atoms with Crippen LogP contribution < -0.4 is 4.74 Å². The van der Waals surface area contributed by atoms with Gasteiger partial charge in [-0.2, -0.15) is 0 Å². The minimum Gasteiger partial charge on any atom is -0.491 e. The molecule has 1 N–H and O–H groups in total. The van der Waals surface area contributed by atoms with E-state index >= 15 is 0 Å². The van der Waals surface area contributed by atoms with Gasteiger partial charge in [0.2, 0.25) is 0 Å². The van der Waals surface area contributed by atoms with Crippen LogP contribution in [-0.4, -0.2) is 18.3 Å². The molecule has 0 spiro atoms. The summed E-state index contributed by atoms with van der Waals surface area (Å²) >= 11 is 0. The Kier molecular flexibility index (Phi) is 5.69. The van der Waals surface area contributed by atoms with Crippen molar-refractivity contribution in [1.82, 2.24) is 0 Å². The van der Waals surface area contributed by atoms with Gasteiger partial charge in [-0.25, -0.2) is 0 Å². The van der Waals surface area contributed by atoms with Gasteiger partial charge >= 0.3 is 0 Å². The molecule has 1 aliphatic rings. The van der Waals surface area contributed by atoms with Crippen LogP contribution in [0.15, 0.2) is 12.1 Å². The summed E-state index contributed by atoms with van der Waals surface area (Å²) in [6, 6.07) is 4.72. The number of hydrogen-bond acceptors (Lipinski definition) is 2. The fourth-order valence-electron chi connectivity index (χ4n) is 3.37. The third kappa shape index (κ3) is 3.79. The molecule has 1 aliphatic carbocycles. The molecule has 0 saturated heterocycles. The molecule has 0 radical (unpaired) electrons. The van der Waals surface area contributed by atoms with Crippen molar-refractivity contribution in [3.8, 4) is 5.75 Å². The topological polar surface area (TPSA) is 29.5 Å². The number of aliphatic hydroxyl groups is 1. The van der Waals surface area contributed by atoms with Crippen LogP contribution in [-0.2, 0) is 0 Å². The van der Waals surface area contributed by atoms with E-state index < -0.39 is 0 Å². The van der Waals surface area contributed by atoms with E-state index in [1.54, 1.807) is 0 Å². The highest BCUT2D eigenvalue weighted by atomic mass is 16.5. The maximum absolute atomic E-state index is 9.09. The van der Waals surface area contributed by atoms with Crippen LogP contribution >= 0.6 is 0 Å². The number of ether oxygens (including phenoxy) is 1. The number of aliphatic hydroxyl groups excluding tert-OH is 1. The van der Waals surface area contributed by atoms with Crippen molar-refractivity contribution in [2.45, 2.75) is 71.1 Å². The maximum atomic E-state index is 9.09. The highest BCUT2D eigenvalue weighted by Crippen LogP contribution is 2.41. The zero-order chi connectivity index (χ0) is 15.4. The molecular weight excluding hydrogens is 260 g/mol. The molecule has 21 heavy (non-hydrogen) atoms. The molecule has 0 aliphatic heterocycles. The Balaban J connectivity index is 2.46. The molecule has 0 bridgehead atoms. The lowest BCUT2D eigenvalue weighted by atomic mass is 9.87. The van der Waals surface area contributed by atoms with E-state index in [0.717, 1.165) is 11.7 Å². The molecule has 0 unspecified atom stereocenters. The zero-order valence-electron chi connectivity index (χ0n) is 14.0. The minimum atomic E-state index is 0.0689. The van der Waals surface area contributed by atoms with Gasteiger partial charge in [-0.1, -0.05) is 52.7 Å². The van der Waals surface area contributed by atoms with E-state index in [0.29, 0.717) is 18.4 Å². The summed E-state index contributed by atoms with van der Waals surface area (Å²) in [4.78, 5) is 0. The highest BCUT2D eigenvalue weighted by Gasteiger charge is 2.22. The van der Waals surface area contributed by atoms with E-state index in [9.17, 15) is 0 Å². The first-order valence-electron chi connectivity index (χ1n) is 8.46. The van der Waals surface area contributed by atoms with Crippen molar-refractivity contribution in [2.24, 2.45) is 0 Å². The number of benzene rings is 1. The fraction of sp³-hybridized carbons (Fsp3) is 0.684. The fourth-order valence-corrected chi connectivity index (χ4v) is 3.37. The summed E-state index contributed by atoms with van der Waals surface area (Å²) < 4.78 is 5.91. The summed E-state index contributed by atoms with van der Waals surface area (Å²) in [6.45, 7) is 9.35. The second-order valence-electron chi connectivity index (χ2n) is 6.89. The lowest BCUT2D eigenvalue weighted by molar-refractivity contribution is 0.198. The smallest absolute Gasteiger partial charge is 0.126 e. The Morgan fingerprint density at radius 1 is 1.05 bits per heavy atom. The minimum absolute atomic E-state index is 0.0689. The highest BCUT2D eigenvalue weighted by molar-refractivity contribution is 5.49. The third-order valence-corrected chi connectivity index (χ3v) is 4.58. The van der Waals surface area contributed by atoms with Crippen LogP contribution in [0, 0.1) is 0 Å². The van der Waals surface area contributed by atoms with Crippen LogP contribution in [0.5, 0.6) is 5.75 Å². The second-order valence-corrected chi connectivity index (χ2v) is 6.89. The molecule has 2 nitrogen and oxygen atoms in total. The van der Waals surface area contributed by atoms with Crippen molar-refractivity contribution >= 4 is 0 Å². The SMILES string of the molecule is CC(C)c1cc(C2CCCC2)cc(C(C)C)c1OCCO. The quantitative estimate of drug-likeness (QED) is 0.802. The van der Waals surface area contributed by atoms with Gasteiger partial charge in [0, 0.05) is 0 Å². The molecular formula is C19H30O2. The zero-order valence-corrected chi connectivity index (χ0v) is 14.0. The summed E-state index contributed by atoms with van der Waals surface area (Å²) in [6.07, 6.45) is 5.38. The number of hydrogen-bond donors (Lipinski definition) is 1. The molecule has 2 rings (SSSR count). The first-order chi connectivity index (χ1) is 10.0. The van der Waals surface area contributed by atoms with Gasteiger partial charge in [-0.3, -0.25) is 0 Å². The molecule has 1 aromatic rings. The van der Waals surface area contributed by atoms with Crippen molar-refractivity contribution in [3.63, 3.8) is 0 Å². The largest absolute Gasteiger partial charge is 0.491 e. The molecule has 0 heterocycles. The Hall–Kier alpha value is -1.02. The average molecular weight is 290 g/mol. The Morgan fingerprint density at radius 3 is 2.00 bits per heavy atom. The second kappa shape index (κ2) is 7.31. The predicted molar refractivity (Wildman–Crippen MR) is 88.4 cm³/mol. The van der Waals surface area contributed by atoms with Gasteiger partial charge in [0.15, 0.2) is 0 Å². The van der Waals surface area contributed by atoms with Crippen LogP contribution in [0.4, 0.5) is 0 Å². The van der Waals surface area contributed by atoms with Crippen LogP contribution in [0.1, 0.15) is 87.8 Å². The summed E-state index contributed by atoms with van der Waals surface area (Å²) in [5, 5.41) is 9.09. The van der Waals surface area contributed by atoms with E-state index in [4.69, 9.17) is 9.84 Å². The van der Waals surface area contributed by atoms with Gasteiger partial charge in [-0.15, -0.1) is 0 Å². The lowest BCUT2D eigenvalue weighted by Crippen LogP contribution is -2.09. The summed E-state index contributed by atoms with van der Waals surface area (Å²) in [5.74, 6) is 2.62. The Labute approximate surface area is 129 Å². The Bertz CT molecular complexity index is 428. The van der Waals surface area contributed by atoms with Crippen molar-refractivity contribution < 1.29 is 9.84 Å². The lowest BCUT2D eigenvalue weighted by Gasteiger charge is -2.23. The molecule has 0 atom stereocenters. The predicted octanol–water partition coefficient (Wildman–Crippen LogP) is 4.96. The molecule has 1 saturated carbocycles. The van der Waals surface area contributed by atoms with Gasteiger partial charge in [-0.05, 0) is 47.3 Å². The molecule has 1 aromatic carbocycles. The summed E-state index contributed by atoms with van der Waals surface area (Å²) in [7, 11) is 0. The maximum Gasteiger partial charge on any atom is 0.126 e. The van der Waals surface area contributed by atoms with Crippen LogP contribution in [0.2, 0.25) is 0 Å². The molecule has 1 fully saturated rings. The first-order valence-corrected chi connectivity index (χ1v) is 8.46. The third-order valence-electron chi connectivity index (χ3n) is 4.58. The van der Waals surface area contributed by atoms with Gasteiger partial charge in [0.25, 0.3) is 0 Å². The Morgan fingerprint density at radius 2 is 1.57 bits per heavy atom. The number of rotatable bonds is 6. The van der Waals surface area contributed by atoms with Crippen molar-refractivity contribution in [1.29, 1.82) is 0 Å². The summed E-state index contributed by atoms with van der Waals surface area (Å²) in [5.41, 5.74) is 4.10. The van der Waals surface area contributed by atoms with Crippen LogP contribution in [0.25, 0.3) is 0 Å². The molecule has 2 heteroatoms. The molecule has 0 aromatic heterocycles. The standard InChI is InChI=1S/C19H30O2/c1-13(2)17-11-16(15-7-5-6-8-15)12-18(14(3)4)19(17)21-10-9-20/h11-15,20H,5-10H2,1-4H3. The van der Waals surface area contributed by atoms with E-state index in [-0.39, 0.29) is 6.61 Å². The van der Waals surface area contributed by atoms with Crippen molar-refractivity contribution in [2.75, 3.05) is 13.2 Å². The van der Waals surface area contributed by atoms with Gasteiger partial charge in [0.1, 0.15) is 12.4 Å². The van der Waals surface area contributed by atoms with Gasteiger partial charge < -0.3 is 9.84 Å². The van der Waals surface area contributed by atoms with Gasteiger partial charge in [0.05, 0.1) is 6.61 Å². The normalized spacial score (nSPS) is 16.1. The molecule has 118 valence electrons. The van der Waals surface area contributed by atoms with E-state index in [1.807, 2.05) is 0 Å². The monoisotopic (exact) mass is 290 g/mol. The van der Waals surface area contributed by atoms with E-state index in [2.05, 4.69) is 39.8 Å². The average Bonchev–Trinajstić information content (AvgIpc) is 2.98. The molecule has 0 amide bonds. The van der Waals surface area contributed by atoms with Crippen molar-refractivity contribution in [3.05, 3.63) is 28.8 Å². The van der Waals surface area contributed by atoms with E-state index in [1.165, 1.54) is 42.4 Å². The first kappa shape index (κ1) is 16.4. The van der Waals surface area contributed by atoms with Crippen LogP contribution in [0.3, 0.4) is 0 Å².